The molecule has 2 aromatic rings. The van der Waals surface area contributed by atoms with E-state index in [9.17, 15) is 4.39 Å². The summed E-state index contributed by atoms with van der Waals surface area (Å²) in [6, 6.07) is 10.6. The zero-order valence-electron chi connectivity index (χ0n) is 12.6. The average molecular weight is 287 g/mol. The molecule has 0 saturated carbocycles. The van der Waals surface area contributed by atoms with Gasteiger partial charge in [0, 0.05) is 25.0 Å². The van der Waals surface area contributed by atoms with Gasteiger partial charge >= 0.3 is 0 Å². The predicted molar refractivity (Wildman–Crippen MR) is 85.3 cm³/mol. The Labute approximate surface area is 125 Å². The van der Waals surface area contributed by atoms with Crippen molar-refractivity contribution in [3.8, 4) is 0 Å². The maximum absolute atomic E-state index is 13.1. The van der Waals surface area contributed by atoms with Crippen LogP contribution in [0.3, 0.4) is 0 Å². The molecule has 0 aliphatic rings. The molecule has 0 unspecified atom stereocenters. The number of anilines is 2. The number of benzene rings is 1. The number of hydrogen-bond acceptors (Lipinski definition) is 3. The molecule has 112 valence electrons. The summed E-state index contributed by atoms with van der Waals surface area (Å²) in [7, 11) is 0. The van der Waals surface area contributed by atoms with Gasteiger partial charge in [-0.1, -0.05) is 6.92 Å². The molecule has 4 heteroatoms. The van der Waals surface area contributed by atoms with Crippen molar-refractivity contribution in [3.63, 3.8) is 0 Å². The molecule has 3 nitrogen and oxygen atoms in total. The molecular formula is C17H22FN3. The number of hydrogen-bond donors (Lipinski definition) is 1. The Morgan fingerprint density at radius 3 is 2.57 bits per heavy atom. The lowest BCUT2D eigenvalue weighted by molar-refractivity contribution is 0.627. The van der Waals surface area contributed by atoms with Crippen LogP contribution >= 0.6 is 0 Å². The van der Waals surface area contributed by atoms with Gasteiger partial charge in [0.25, 0.3) is 0 Å². The lowest BCUT2D eigenvalue weighted by atomic mass is 10.2. The van der Waals surface area contributed by atoms with E-state index in [1.165, 1.54) is 17.7 Å². The van der Waals surface area contributed by atoms with Crippen molar-refractivity contribution in [2.45, 2.75) is 26.8 Å². The van der Waals surface area contributed by atoms with Crippen LogP contribution in [0.25, 0.3) is 0 Å². The second kappa shape index (κ2) is 7.74. The maximum atomic E-state index is 13.1. The third-order valence-corrected chi connectivity index (χ3v) is 3.30. The molecule has 0 aliphatic heterocycles. The Bertz CT molecular complexity index is 554. The van der Waals surface area contributed by atoms with E-state index in [1.54, 1.807) is 12.1 Å². The average Bonchev–Trinajstić information content (AvgIpc) is 2.51. The minimum absolute atomic E-state index is 0.222. The van der Waals surface area contributed by atoms with Crippen molar-refractivity contribution in [1.82, 2.24) is 10.3 Å². The molecule has 0 atom stereocenters. The summed E-state index contributed by atoms with van der Waals surface area (Å²) < 4.78 is 13.1. The van der Waals surface area contributed by atoms with Crippen LogP contribution in [0.1, 0.15) is 25.8 Å². The lowest BCUT2D eigenvalue weighted by Gasteiger charge is -2.22. The third kappa shape index (κ3) is 4.26. The van der Waals surface area contributed by atoms with Gasteiger partial charge in [0.15, 0.2) is 0 Å². The fraction of sp³-hybridized carbons (Fsp3) is 0.353. The minimum Gasteiger partial charge on any atom is -0.327 e. The first kappa shape index (κ1) is 15.4. The van der Waals surface area contributed by atoms with Gasteiger partial charge in [0.05, 0.1) is 0 Å². The molecule has 21 heavy (non-hydrogen) atoms. The molecule has 1 N–H and O–H groups in total. The molecule has 0 aliphatic carbocycles. The van der Waals surface area contributed by atoms with Gasteiger partial charge in [-0.2, -0.15) is 0 Å². The summed E-state index contributed by atoms with van der Waals surface area (Å²) in [5.41, 5.74) is 2.15. The Morgan fingerprint density at radius 2 is 1.90 bits per heavy atom. The molecule has 1 aromatic carbocycles. The largest absolute Gasteiger partial charge is 0.327 e. The van der Waals surface area contributed by atoms with Crippen molar-refractivity contribution in [2.75, 3.05) is 18.0 Å². The highest BCUT2D eigenvalue weighted by atomic mass is 19.1. The van der Waals surface area contributed by atoms with Crippen molar-refractivity contribution in [2.24, 2.45) is 0 Å². The molecule has 0 amide bonds. The number of aromatic nitrogens is 1. The topological polar surface area (TPSA) is 28.2 Å². The SMILES string of the molecule is CCCNCc1ccnc(N(CC)c2ccc(F)cc2)c1. The summed E-state index contributed by atoms with van der Waals surface area (Å²) >= 11 is 0. The molecule has 0 radical (unpaired) electrons. The van der Waals surface area contributed by atoms with Crippen LogP contribution in [-0.4, -0.2) is 18.1 Å². The minimum atomic E-state index is -0.222. The van der Waals surface area contributed by atoms with Gasteiger partial charge < -0.3 is 10.2 Å². The van der Waals surface area contributed by atoms with Crippen molar-refractivity contribution in [1.29, 1.82) is 0 Å². The molecule has 0 fully saturated rings. The molecule has 1 heterocycles. The van der Waals surface area contributed by atoms with Gasteiger partial charge in [-0.25, -0.2) is 9.37 Å². The van der Waals surface area contributed by atoms with E-state index in [-0.39, 0.29) is 5.82 Å². The summed E-state index contributed by atoms with van der Waals surface area (Å²) in [6.07, 6.45) is 2.94. The quantitative estimate of drug-likeness (QED) is 0.783. The third-order valence-electron chi connectivity index (χ3n) is 3.30. The molecule has 0 spiro atoms. The number of rotatable bonds is 7. The van der Waals surface area contributed by atoms with Crippen molar-refractivity contribution in [3.05, 3.63) is 54.0 Å². The monoisotopic (exact) mass is 287 g/mol. The summed E-state index contributed by atoms with van der Waals surface area (Å²) in [6.45, 7) is 6.84. The van der Waals surface area contributed by atoms with Gasteiger partial charge in [-0.15, -0.1) is 0 Å². The van der Waals surface area contributed by atoms with Crippen LogP contribution < -0.4 is 10.2 Å². The highest BCUT2D eigenvalue weighted by molar-refractivity contribution is 5.60. The first-order chi connectivity index (χ1) is 10.2. The van der Waals surface area contributed by atoms with E-state index in [2.05, 4.69) is 35.1 Å². The zero-order valence-corrected chi connectivity index (χ0v) is 12.6. The predicted octanol–water partition coefficient (Wildman–Crippen LogP) is 3.88. The van der Waals surface area contributed by atoms with Crippen LogP contribution in [0.4, 0.5) is 15.9 Å². The summed E-state index contributed by atoms with van der Waals surface area (Å²) in [4.78, 5) is 6.51. The van der Waals surface area contributed by atoms with E-state index in [0.29, 0.717) is 0 Å². The Kier molecular flexibility index (Phi) is 5.69. The Morgan fingerprint density at radius 1 is 1.14 bits per heavy atom. The van der Waals surface area contributed by atoms with Gasteiger partial charge in [0.2, 0.25) is 0 Å². The van der Waals surface area contributed by atoms with E-state index >= 15 is 0 Å². The normalized spacial score (nSPS) is 10.6. The van der Waals surface area contributed by atoms with Crippen LogP contribution in [0.2, 0.25) is 0 Å². The van der Waals surface area contributed by atoms with Crippen molar-refractivity contribution >= 4 is 11.5 Å². The number of nitrogens with zero attached hydrogens (tertiary/aromatic N) is 2. The molecule has 1 aromatic heterocycles. The fourth-order valence-electron chi connectivity index (χ4n) is 2.23. The van der Waals surface area contributed by atoms with E-state index in [4.69, 9.17) is 0 Å². The van der Waals surface area contributed by atoms with Gasteiger partial charge in [0.1, 0.15) is 11.6 Å². The maximum Gasteiger partial charge on any atom is 0.133 e. The summed E-state index contributed by atoms with van der Waals surface area (Å²) in [5.74, 6) is 0.667. The second-order valence-electron chi connectivity index (χ2n) is 4.92. The van der Waals surface area contributed by atoms with Crippen molar-refractivity contribution < 1.29 is 4.39 Å². The fourth-order valence-corrected chi connectivity index (χ4v) is 2.23. The van der Waals surface area contributed by atoms with E-state index in [1.807, 2.05) is 12.3 Å². The van der Waals surface area contributed by atoms with Gasteiger partial charge in [-0.3, -0.25) is 0 Å². The zero-order chi connectivity index (χ0) is 15.1. The number of halogens is 1. The molecule has 0 bridgehead atoms. The second-order valence-corrected chi connectivity index (χ2v) is 4.92. The number of pyridine rings is 1. The number of nitrogens with one attached hydrogen (secondary N) is 1. The first-order valence-electron chi connectivity index (χ1n) is 7.43. The molecule has 0 saturated heterocycles. The standard InChI is InChI=1S/C17H22FN3/c1-3-10-19-13-14-9-11-20-17(12-14)21(4-2)16-7-5-15(18)6-8-16/h5-9,11-12,19H,3-4,10,13H2,1-2H3. The Balaban J connectivity index is 2.17. The van der Waals surface area contributed by atoms with E-state index in [0.717, 1.165) is 37.6 Å². The highest BCUT2D eigenvalue weighted by Gasteiger charge is 2.09. The smallest absolute Gasteiger partial charge is 0.133 e. The molecular weight excluding hydrogens is 265 g/mol. The Hall–Kier alpha value is -1.94. The first-order valence-corrected chi connectivity index (χ1v) is 7.43. The highest BCUT2D eigenvalue weighted by Crippen LogP contribution is 2.24. The van der Waals surface area contributed by atoms with Crippen LogP contribution in [0.15, 0.2) is 42.6 Å². The van der Waals surface area contributed by atoms with Crippen LogP contribution in [0.5, 0.6) is 0 Å². The molecule has 2 rings (SSSR count). The van der Waals surface area contributed by atoms with Gasteiger partial charge in [-0.05, 0) is 61.9 Å². The van der Waals surface area contributed by atoms with E-state index < -0.39 is 0 Å². The lowest BCUT2D eigenvalue weighted by Crippen LogP contribution is -2.18. The summed E-state index contributed by atoms with van der Waals surface area (Å²) in [5, 5.41) is 3.39. The van der Waals surface area contributed by atoms with Crippen LogP contribution in [0, 0.1) is 5.82 Å². The van der Waals surface area contributed by atoms with Crippen LogP contribution in [-0.2, 0) is 6.54 Å².